The van der Waals surface area contributed by atoms with Gasteiger partial charge in [0.15, 0.2) is 6.61 Å². The van der Waals surface area contributed by atoms with E-state index in [4.69, 9.17) is 9.47 Å². The number of ether oxygens (including phenoxy) is 2. The topological polar surface area (TPSA) is 67.9 Å². The van der Waals surface area contributed by atoms with Gasteiger partial charge in [0, 0.05) is 18.1 Å². The molecule has 0 bridgehead atoms. The summed E-state index contributed by atoms with van der Waals surface area (Å²) in [5.41, 5.74) is 2.94. The molecule has 2 rings (SSSR count). The van der Waals surface area contributed by atoms with Gasteiger partial charge in [-0.25, -0.2) is 0 Å². The highest BCUT2D eigenvalue weighted by atomic mass is 79.9. The molecule has 0 aliphatic heterocycles. The number of nitrogens with zero attached hydrogens (tertiary/aromatic N) is 1. The fourth-order valence-electron chi connectivity index (χ4n) is 3.27. The van der Waals surface area contributed by atoms with Crippen LogP contribution in [0.4, 0.5) is 0 Å². The summed E-state index contributed by atoms with van der Waals surface area (Å²) >= 11 is 3.53. The monoisotopic (exact) mass is 476 g/mol. The number of hydrogen-bond acceptors (Lipinski definition) is 4. The molecule has 1 atom stereocenters. The highest BCUT2D eigenvalue weighted by Gasteiger charge is 2.28. The Morgan fingerprint density at radius 1 is 1.13 bits per heavy atom. The van der Waals surface area contributed by atoms with E-state index in [0.29, 0.717) is 17.9 Å². The summed E-state index contributed by atoms with van der Waals surface area (Å²) < 4.78 is 12.1. The van der Waals surface area contributed by atoms with E-state index in [0.717, 1.165) is 21.2 Å². The molecule has 0 heterocycles. The second-order valence-electron chi connectivity index (χ2n) is 7.07. The van der Waals surface area contributed by atoms with E-state index in [2.05, 4.69) is 21.2 Å². The van der Waals surface area contributed by atoms with Gasteiger partial charge in [-0.2, -0.15) is 0 Å². The molecule has 162 valence electrons. The maximum Gasteiger partial charge on any atom is 0.261 e. The van der Waals surface area contributed by atoms with E-state index >= 15 is 0 Å². The van der Waals surface area contributed by atoms with Gasteiger partial charge >= 0.3 is 0 Å². The molecular formula is C23H29BrN2O4. The van der Waals surface area contributed by atoms with Crippen molar-refractivity contribution in [3.05, 3.63) is 57.6 Å². The molecule has 30 heavy (non-hydrogen) atoms. The number of rotatable bonds is 9. The second kappa shape index (κ2) is 11.0. The fourth-order valence-corrected chi connectivity index (χ4v) is 3.50. The molecule has 7 heteroatoms. The van der Waals surface area contributed by atoms with Gasteiger partial charge in [0.25, 0.3) is 5.91 Å². The zero-order valence-electron chi connectivity index (χ0n) is 18.1. The van der Waals surface area contributed by atoms with Crippen LogP contribution in [-0.2, 0) is 16.1 Å². The van der Waals surface area contributed by atoms with Gasteiger partial charge in [-0.15, -0.1) is 0 Å². The molecular weight excluding hydrogens is 448 g/mol. The smallest absolute Gasteiger partial charge is 0.261 e. The van der Waals surface area contributed by atoms with E-state index in [1.165, 1.54) is 0 Å². The summed E-state index contributed by atoms with van der Waals surface area (Å²) in [7, 11) is 3.17. The van der Waals surface area contributed by atoms with Gasteiger partial charge in [-0.1, -0.05) is 35.0 Å². The normalized spacial score (nSPS) is 11.5. The number of halogens is 1. The van der Waals surface area contributed by atoms with Crippen LogP contribution in [0.25, 0.3) is 0 Å². The van der Waals surface area contributed by atoms with Gasteiger partial charge < -0.3 is 19.7 Å². The highest BCUT2D eigenvalue weighted by molar-refractivity contribution is 9.10. The molecule has 0 aliphatic rings. The Morgan fingerprint density at radius 3 is 2.37 bits per heavy atom. The highest BCUT2D eigenvalue weighted by Crippen LogP contribution is 2.26. The van der Waals surface area contributed by atoms with Crippen molar-refractivity contribution < 1.29 is 19.1 Å². The number of amides is 2. The predicted octanol–water partition coefficient (Wildman–Crippen LogP) is 4.01. The van der Waals surface area contributed by atoms with Crippen molar-refractivity contribution in [2.24, 2.45) is 0 Å². The largest absolute Gasteiger partial charge is 0.497 e. The van der Waals surface area contributed by atoms with E-state index in [1.807, 2.05) is 57.2 Å². The maximum absolute atomic E-state index is 13.1. The van der Waals surface area contributed by atoms with Gasteiger partial charge in [-0.05, 0) is 61.2 Å². The molecule has 0 aliphatic carbocycles. The molecule has 0 unspecified atom stereocenters. The fraction of sp³-hybridized carbons (Fsp3) is 0.391. The number of benzene rings is 2. The molecule has 2 amide bonds. The predicted molar refractivity (Wildman–Crippen MR) is 121 cm³/mol. The lowest BCUT2D eigenvalue weighted by Crippen LogP contribution is -2.49. The number of nitrogens with one attached hydrogen (secondary N) is 1. The van der Waals surface area contributed by atoms with Crippen molar-refractivity contribution >= 4 is 27.7 Å². The first kappa shape index (κ1) is 23.7. The third-order valence-corrected chi connectivity index (χ3v) is 6.14. The number of likely N-dealkylation sites (N-methyl/N-ethyl adjacent to an activating group) is 1. The molecule has 0 spiro atoms. The standard InChI is InChI=1S/C23H29BrN2O4/c1-6-20(23(28)25-4)26(13-17-8-7-9-18(12-17)29-5)21(27)14-30-19-10-15(2)22(24)16(3)11-19/h7-12,20H,6,13-14H2,1-5H3,(H,25,28)/t20-/m0/s1. The number of aryl methyl sites for hydroxylation is 2. The van der Waals surface area contributed by atoms with E-state index < -0.39 is 6.04 Å². The number of carbonyl (C=O) groups excluding carboxylic acids is 2. The van der Waals surface area contributed by atoms with Gasteiger partial charge in [0.2, 0.25) is 5.91 Å². The Labute approximate surface area is 186 Å². The number of hydrogen-bond donors (Lipinski definition) is 1. The molecule has 2 aromatic rings. The lowest BCUT2D eigenvalue weighted by Gasteiger charge is -2.30. The van der Waals surface area contributed by atoms with Crippen LogP contribution in [0.5, 0.6) is 11.5 Å². The zero-order chi connectivity index (χ0) is 22.3. The van der Waals surface area contributed by atoms with Crippen LogP contribution in [0.15, 0.2) is 40.9 Å². The van der Waals surface area contributed by atoms with Crippen LogP contribution in [0.2, 0.25) is 0 Å². The quantitative estimate of drug-likeness (QED) is 0.593. The van der Waals surface area contributed by atoms with Crippen LogP contribution in [0.1, 0.15) is 30.0 Å². The minimum Gasteiger partial charge on any atom is -0.497 e. The van der Waals surface area contributed by atoms with Crippen molar-refractivity contribution in [3.8, 4) is 11.5 Å². The van der Waals surface area contributed by atoms with Crippen molar-refractivity contribution in [1.82, 2.24) is 10.2 Å². The van der Waals surface area contributed by atoms with Crippen LogP contribution in [-0.4, -0.2) is 43.5 Å². The first-order chi connectivity index (χ1) is 14.3. The van der Waals surface area contributed by atoms with Gasteiger partial charge in [0.05, 0.1) is 7.11 Å². The summed E-state index contributed by atoms with van der Waals surface area (Å²) in [6.07, 6.45) is 0.492. The Kier molecular flexibility index (Phi) is 8.72. The van der Waals surface area contributed by atoms with E-state index in [-0.39, 0.29) is 25.0 Å². The minimum absolute atomic E-state index is 0.155. The summed E-state index contributed by atoms with van der Waals surface area (Å²) in [5, 5.41) is 2.65. The molecule has 0 aromatic heterocycles. The molecule has 0 fully saturated rings. The molecule has 0 saturated carbocycles. The third kappa shape index (κ3) is 5.98. The maximum atomic E-state index is 13.1. The van der Waals surface area contributed by atoms with Crippen molar-refractivity contribution in [3.63, 3.8) is 0 Å². The number of methoxy groups -OCH3 is 1. The van der Waals surface area contributed by atoms with Gasteiger partial charge in [0.1, 0.15) is 17.5 Å². The summed E-state index contributed by atoms with van der Waals surface area (Å²) in [6.45, 7) is 5.95. The van der Waals surface area contributed by atoms with Crippen molar-refractivity contribution in [1.29, 1.82) is 0 Å². The minimum atomic E-state index is -0.592. The summed E-state index contributed by atoms with van der Waals surface area (Å²) in [5.74, 6) is 0.858. The molecule has 1 N–H and O–H groups in total. The van der Waals surface area contributed by atoms with Crippen LogP contribution >= 0.6 is 15.9 Å². The first-order valence-electron chi connectivity index (χ1n) is 9.84. The molecule has 0 radical (unpaired) electrons. The van der Waals surface area contributed by atoms with Crippen LogP contribution < -0.4 is 14.8 Å². The average molecular weight is 477 g/mol. The number of carbonyl (C=O) groups is 2. The molecule has 2 aromatic carbocycles. The first-order valence-corrected chi connectivity index (χ1v) is 10.6. The van der Waals surface area contributed by atoms with Gasteiger partial charge in [-0.3, -0.25) is 9.59 Å². The Hall–Kier alpha value is -2.54. The van der Waals surface area contributed by atoms with E-state index in [1.54, 1.807) is 19.1 Å². The zero-order valence-corrected chi connectivity index (χ0v) is 19.7. The lowest BCUT2D eigenvalue weighted by atomic mass is 10.1. The molecule has 6 nitrogen and oxygen atoms in total. The van der Waals surface area contributed by atoms with Crippen LogP contribution in [0, 0.1) is 13.8 Å². The second-order valence-corrected chi connectivity index (χ2v) is 7.86. The third-order valence-electron chi connectivity index (χ3n) is 4.89. The summed E-state index contributed by atoms with van der Waals surface area (Å²) in [6, 6.07) is 10.6. The van der Waals surface area contributed by atoms with Crippen molar-refractivity contribution in [2.75, 3.05) is 20.8 Å². The SMILES string of the molecule is CC[C@@H](C(=O)NC)N(Cc1cccc(OC)c1)C(=O)COc1cc(C)c(Br)c(C)c1. The Balaban J connectivity index is 2.23. The molecule has 0 saturated heterocycles. The van der Waals surface area contributed by atoms with Crippen molar-refractivity contribution in [2.45, 2.75) is 39.8 Å². The van der Waals surface area contributed by atoms with E-state index in [9.17, 15) is 9.59 Å². The Morgan fingerprint density at radius 2 is 1.80 bits per heavy atom. The lowest BCUT2D eigenvalue weighted by molar-refractivity contribution is -0.142. The van der Waals surface area contributed by atoms with Crippen LogP contribution in [0.3, 0.4) is 0 Å². The summed E-state index contributed by atoms with van der Waals surface area (Å²) in [4.78, 5) is 27.1. The average Bonchev–Trinajstić information content (AvgIpc) is 2.75. The Bertz CT molecular complexity index is 878.